The summed E-state index contributed by atoms with van der Waals surface area (Å²) in [6, 6.07) is 74.2. The predicted molar refractivity (Wildman–Crippen MR) is 261 cm³/mol. The van der Waals surface area contributed by atoms with Crippen LogP contribution < -0.4 is 0 Å². The van der Waals surface area contributed by atoms with E-state index >= 15 is 0 Å². The lowest BCUT2D eigenvalue weighted by Gasteiger charge is -2.30. The molecule has 0 amide bonds. The van der Waals surface area contributed by atoms with Crippen LogP contribution in [0.1, 0.15) is 72.0 Å². The highest BCUT2D eigenvalue weighted by molar-refractivity contribution is 6.15. The summed E-state index contributed by atoms with van der Waals surface area (Å²) >= 11 is 0. The zero-order valence-corrected chi connectivity index (χ0v) is 35.3. The van der Waals surface area contributed by atoms with Crippen molar-refractivity contribution >= 4 is 33.7 Å². The zero-order chi connectivity index (χ0) is 41.8. The molecule has 62 heavy (non-hydrogen) atoms. The van der Waals surface area contributed by atoms with Crippen LogP contribution in [0.4, 0.5) is 0 Å². The van der Waals surface area contributed by atoms with Crippen molar-refractivity contribution in [2.24, 2.45) is 26.8 Å². The van der Waals surface area contributed by atoms with Crippen molar-refractivity contribution in [2.75, 3.05) is 0 Å². The standard InChI is InChI=1S/C59H49N3/c1-3-52-54(43-17-9-5-10-18-43)39-55(60-56(52)45-19-11-6-12-20-45)44-31-25-40(26-32-44)49-35-29-42-30-36-50(38-51(42)37-49)41-27-33-47(34-28-41)58-53(4-2)57(46-21-13-7-14-22-46)61-59(62-58)48-23-15-8-16-24-48/h5-39,52-54,58H,3-4H2,1-2H3. The summed E-state index contributed by atoms with van der Waals surface area (Å²) < 4.78 is 0. The zero-order valence-electron chi connectivity index (χ0n) is 35.3. The minimum absolute atomic E-state index is 0.0341. The van der Waals surface area contributed by atoms with E-state index in [0.29, 0.717) is 5.92 Å². The Balaban J connectivity index is 0.933. The smallest absolute Gasteiger partial charge is 0.155 e. The maximum atomic E-state index is 5.37. The summed E-state index contributed by atoms with van der Waals surface area (Å²) in [4.78, 5) is 15.9. The van der Waals surface area contributed by atoms with Crippen LogP contribution in [0, 0.1) is 11.8 Å². The fourth-order valence-electron chi connectivity index (χ4n) is 9.45. The molecular weight excluding hydrogens is 751 g/mol. The average Bonchev–Trinajstić information content (AvgIpc) is 3.36. The molecule has 0 fully saturated rings. The molecule has 0 radical (unpaired) electrons. The van der Waals surface area contributed by atoms with Gasteiger partial charge in [-0.2, -0.15) is 0 Å². The largest absolute Gasteiger partial charge is 0.257 e. The second-order valence-corrected chi connectivity index (χ2v) is 16.5. The molecule has 0 aliphatic carbocycles. The molecule has 0 spiro atoms. The van der Waals surface area contributed by atoms with E-state index in [9.17, 15) is 0 Å². The topological polar surface area (TPSA) is 37.1 Å². The number of allylic oxidation sites excluding steroid dienone is 1. The minimum Gasteiger partial charge on any atom is -0.257 e. The molecule has 3 heteroatoms. The van der Waals surface area contributed by atoms with Crippen molar-refractivity contribution in [1.82, 2.24) is 0 Å². The van der Waals surface area contributed by atoms with Gasteiger partial charge in [-0.25, -0.2) is 4.99 Å². The lowest BCUT2D eigenvalue weighted by Crippen LogP contribution is -2.28. The van der Waals surface area contributed by atoms with Crippen LogP contribution in [0.5, 0.6) is 0 Å². The first-order valence-corrected chi connectivity index (χ1v) is 22.1. The molecule has 0 saturated carbocycles. The van der Waals surface area contributed by atoms with Crippen molar-refractivity contribution in [2.45, 2.75) is 38.6 Å². The van der Waals surface area contributed by atoms with Gasteiger partial charge >= 0.3 is 0 Å². The number of nitrogens with zero attached hydrogens (tertiary/aromatic N) is 3. The maximum absolute atomic E-state index is 5.37. The van der Waals surface area contributed by atoms with Gasteiger partial charge in [-0.05, 0) is 91.9 Å². The predicted octanol–water partition coefficient (Wildman–Crippen LogP) is 14.8. The maximum Gasteiger partial charge on any atom is 0.155 e. The number of aliphatic imine (C=N–C) groups is 3. The molecule has 0 saturated heterocycles. The van der Waals surface area contributed by atoms with E-state index in [2.05, 4.69) is 220 Å². The van der Waals surface area contributed by atoms with E-state index in [4.69, 9.17) is 15.0 Å². The Morgan fingerprint density at radius 2 is 0.839 bits per heavy atom. The number of benzene rings is 8. The third-order valence-electron chi connectivity index (χ3n) is 12.8. The van der Waals surface area contributed by atoms with E-state index in [1.165, 1.54) is 55.4 Å². The van der Waals surface area contributed by atoms with Crippen LogP contribution >= 0.6 is 0 Å². The van der Waals surface area contributed by atoms with Crippen molar-refractivity contribution in [3.05, 3.63) is 246 Å². The monoisotopic (exact) mass is 799 g/mol. The molecule has 4 atom stereocenters. The quantitative estimate of drug-likeness (QED) is 0.132. The second-order valence-electron chi connectivity index (χ2n) is 16.5. The van der Waals surface area contributed by atoms with Crippen LogP contribution in [0.15, 0.2) is 227 Å². The first-order chi connectivity index (χ1) is 30.6. The molecule has 10 rings (SSSR count). The normalized spacial score (nSPS) is 18.7. The Bertz CT molecular complexity index is 2950. The van der Waals surface area contributed by atoms with Gasteiger partial charge in [-0.1, -0.05) is 208 Å². The summed E-state index contributed by atoms with van der Waals surface area (Å²) in [6.45, 7) is 4.53. The molecule has 2 heterocycles. The van der Waals surface area contributed by atoms with Gasteiger partial charge < -0.3 is 0 Å². The van der Waals surface area contributed by atoms with Gasteiger partial charge in [-0.3, -0.25) is 9.98 Å². The van der Waals surface area contributed by atoms with Gasteiger partial charge in [0.1, 0.15) is 0 Å². The molecule has 4 unspecified atom stereocenters. The summed E-state index contributed by atoms with van der Waals surface area (Å²) in [5, 5.41) is 2.44. The first-order valence-electron chi connectivity index (χ1n) is 22.1. The molecule has 0 bridgehead atoms. The SMILES string of the molecule is CCC1C(c2ccccc2)=NC(c2ccc(-c3ccc4ccc(-c5ccc(C6N=C(c7ccccc7)N=C(c7ccccc7)C6CC)cc5)cc4c3)cc2)=CC1c1ccccc1. The van der Waals surface area contributed by atoms with Gasteiger partial charge in [0, 0.05) is 23.3 Å². The summed E-state index contributed by atoms with van der Waals surface area (Å²) in [6.07, 6.45) is 4.34. The fraction of sp³-hybridized carbons (Fsp3) is 0.136. The number of hydrogen-bond acceptors (Lipinski definition) is 3. The molecular formula is C59H49N3. The summed E-state index contributed by atoms with van der Waals surface area (Å²) in [7, 11) is 0. The number of rotatable bonds is 10. The molecule has 0 N–H and O–H groups in total. The Morgan fingerprint density at radius 3 is 1.39 bits per heavy atom. The molecule has 0 aromatic heterocycles. The summed E-state index contributed by atoms with van der Waals surface area (Å²) in [5.74, 6) is 1.51. The third kappa shape index (κ3) is 7.79. The van der Waals surface area contributed by atoms with Gasteiger partial charge in [0.15, 0.2) is 5.84 Å². The Hall–Kier alpha value is -7.23. The fourth-order valence-corrected chi connectivity index (χ4v) is 9.45. The lowest BCUT2D eigenvalue weighted by atomic mass is 9.76. The van der Waals surface area contributed by atoms with Gasteiger partial charge in [0.2, 0.25) is 0 Å². The van der Waals surface area contributed by atoms with Crippen LogP contribution in [-0.2, 0) is 0 Å². The van der Waals surface area contributed by atoms with Gasteiger partial charge in [0.25, 0.3) is 0 Å². The average molecular weight is 800 g/mol. The van der Waals surface area contributed by atoms with E-state index in [1.54, 1.807) is 0 Å². The number of fused-ring (bicyclic) bond motifs is 1. The number of hydrogen-bond donors (Lipinski definition) is 0. The molecule has 2 aliphatic rings. The van der Waals surface area contributed by atoms with E-state index in [1.807, 2.05) is 6.07 Å². The lowest BCUT2D eigenvalue weighted by molar-refractivity contribution is 0.532. The van der Waals surface area contributed by atoms with Crippen molar-refractivity contribution in [3.8, 4) is 22.3 Å². The number of amidine groups is 1. The van der Waals surface area contributed by atoms with E-state index in [0.717, 1.165) is 46.8 Å². The van der Waals surface area contributed by atoms with Crippen LogP contribution in [0.25, 0.3) is 38.7 Å². The second kappa shape index (κ2) is 17.4. The molecule has 3 nitrogen and oxygen atoms in total. The van der Waals surface area contributed by atoms with Crippen LogP contribution in [0.3, 0.4) is 0 Å². The van der Waals surface area contributed by atoms with Crippen molar-refractivity contribution in [1.29, 1.82) is 0 Å². The molecule has 2 aliphatic heterocycles. The molecule has 300 valence electrons. The van der Waals surface area contributed by atoms with E-state index in [-0.39, 0.29) is 17.9 Å². The van der Waals surface area contributed by atoms with E-state index < -0.39 is 0 Å². The minimum atomic E-state index is -0.0341. The third-order valence-corrected chi connectivity index (χ3v) is 12.8. The van der Waals surface area contributed by atoms with Crippen molar-refractivity contribution in [3.63, 3.8) is 0 Å². The van der Waals surface area contributed by atoms with Gasteiger partial charge in [-0.15, -0.1) is 0 Å². The van der Waals surface area contributed by atoms with Crippen LogP contribution in [-0.4, -0.2) is 17.3 Å². The highest BCUT2D eigenvalue weighted by atomic mass is 15.0. The van der Waals surface area contributed by atoms with Gasteiger partial charge in [0.05, 0.1) is 23.2 Å². The first kappa shape index (κ1) is 38.9. The Labute approximate surface area is 365 Å². The Morgan fingerprint density at radius 1 is 0.371 bits per heavy atom. The highest BCUT2D eigenvalue weighted by Gasteiger charge is 2.32. The molecule has 8 aromatic rings. The molecule has 8 aromatic carbocycles. The van der Waals surface area contributed by atoms with Crippen LogP contribution in [0.2, 0.25) is 0 Å². The highest BCUT2D eigenvalue weighted by Crippen LogP contribution is 2.41. The Kier molecular flexibility index (Phi) is 10.9. The summed E-state index contributed by atoms with van der Waals surface area (Å²) in [5.41, 5.74) is 15.1. The van der Waals surface area contributed by atoms with Crippen molar-refractivity contribution < 1.29 is 0 Å².